The zero-order chi connectivity index (χ0) is 11.5. The molecular formula is C12H23NO2. The van der Waals surface area contributed by atoms with Gasteiger partial charge in [0.25, 0.3) is 0 Å². The van der Waals surface area contributed by atoms with Crippen LogP contribution in [0.25, 0.3) is 0 Å². The minimum absolute atomic E-state index is 0.0680. The van der Waals surface area contributed by atoms with E-state index in [1.165, 1.54) is 0 Å². The zero-order valence-corrected chi connectivity index (χ0v) is 10.1. The van der Waals surface area contributed by atoms with Crippen molar-refractivity contribution < 1.29 is 9.90 Å². The summed E-state index contributed by atoms with van der Waals surface area (Å²) in [6.07, 6.45) is 4.85. The second-order valence-electron chi connectivity index (χ2n) is 5.34. The molecule has 1 aliphatic rings. The highest BCUT2D eigenvalue weighted by molar-refractivity contribution is 5.82. The molecule has 0 aliphatic heterocycles. The lowest BCUT2D eigenvalue weighted by Gasteiger charge is -2.32. The Hall–Kier alpha value is -0.570. The van der Waals surface area contributed by atoms with Crippen LogP contribution < -0.4 is 5.32 Å². The highest BCUT2D eigenvalue weighted by Gasteiger charge is 2.38. The molecule has 0 aromatic rings. The first-order chi connectivity index (χ1) is 6.96. The molecular weight excluding hydrogens is 190 g/mol. The van der Waals surface area contributed by atoms with E-state index in [4.69, 9.17) is 0 Å². The largest absolute Gasteiger partial charge is 0.394 e. The Morgan fingerprint density at radius 2 is 1.93 bits per heavy atom. The molecule has 0 radical (unpaired) electrons. The fourth-order valence-corrected chi connectivity index (χ4v) is 1.95. The summed E-state index contributed by atoms with van der Waals surface area (Å²) in [4.78, 5) is 12.0. The molecule has 1 fully saturated rings. The van der Waals surface area contributed by atoms with Crippen LogP contribution in [0.1, 0.15) is 52.9 Å². The summed E-state index contributed by atoms with van der Waals surface area (Å²) < 4.78 is 0. The van der Waals surface area contributed by atoms with Crippen LogP contribution in [0, 0.1) is 5.41 Å². The van der Waals surface area contributed by atoms with Gasteiger partial charge in [0.2, 0.25) is 5.91 Å². The predicted octanol–water partition coefficient (Wildman–Crippen LogP) is 1.84. The molecule has 2 N–H and O–H groups in total. The van der Waals surface area contributed by atoms with Crippen LogP contribution in [-0.2, 0) is 4.79 Å². The summed E-state index contributed by atoms with van der Waals surface area (Å²) in [5.74, 6) is 0.0703. The van der Waals surface area contributed by atoms with Gasteiger partial charge in [-0.2, -0.15) is 0 Å². The first kappa shape index (κ1) is 12.5. The van der Waals surface area contributed by atoms with E-state index in [2.05, 4.69) is 5.32 Å². The second kappa shape index (κ2) is 4.52. The molecule has 0 bridgehead atoms. The lowest BCUT2D eigenvalue weighted by molar-refractivity contribution is -0.132. The van der Waals surface area contributed by atoms with E-state index < -0.39 is 0 Å². The smallest absolute Gasteiger partial charge is 0.226 e. The molecule has 1 rings (SSSR count). The maximum absolute atomic E-state index is 12.0. The van der Waals surface area contributed by atoms with Crippen molar-refractivity contribution in [2.24, 2.45) is 5.41 Å². The summed E-state index contributed by atoms with van der Waals surface area (Å²) in [6, 6.07) is 0. The van der Waals surface area contributed by atoms with Crippen molar-refractivity contribution in [2.75, 3.05) is 6.61 Å². The van der Waals surface area contributed by atoms with Gasteiger partial charge < -0.3 is 10.4 Å². The van der Waals surface area contributed by atoms with Crippen molar-refractivity contribution in [2.45, 2.75) is 58.4 Å². The molecule has 0 unspecified atom stereocenters. The quantitative estimate of drug-likeness (QED) is 0.748. The van der Waals surface area contributed by atoms with Crippen molar-refractivity contribution >= 4 is 5.91 Å². The molecule has 0 atom stereocenters. The van der Waals surface area contributed by atoms with Crippen LogP contribution in [0.3, 0.4) is 0 Å². The van der Waals surface area contributed by atoms with Gasteiger partial charge in [-0.05, 0) is 19.3 Å². The van der Waals surface area contributed by atoms with E-state index in [1.807, 2.05) is 20.8 Å². The third-order valence-corrected chi connectivity index (χ3v) is 3.74. The third kappa shape index (κ3) is 2.71. The monoisotopic (exact) mass is 213 g/mol. The number of amides is 1. The van der Waals surface area contributed by atoms with Crippen molar-refractivity contribution in [3.05, 3.63) is 0 Å². The zero-order valence-electron chi connectivity index (χ0n) is 10.1. The van der Waals surface area contributed by atoms with Gasteiger partial charge in [0.05, 0.1) is 12.1 Å². The lowest BCUT2D eigenvalue weighted by Crippen LogP contribution is -2.53. The maximum Gasteiger partial charge on any atom is 0.226 e. The van der Waals surface area contributed by atoms with Gasteiger partial charge in [-0.15, -0.1) is 0 Å². The highest BCUT2D eigenvalue weighted by Crippen LogP contribution is 2.31. The Morgan fingerprint density at radius 3 is 2.33 bits per heavy atom. The molecule has 0 heterocycles. The Balaban J connectivity index is 2.63. The van der Waals surface area contributed by atoms with Crippen LogP contribution in [0.5, 0.6) is 0 Å². The molecule has 0 spiro atoms. The number of hydrogen-bond acceptors (Lipinski definition) is 2. The number of hydrogen-bond donors (Lipinski definition) is 2. The number of aliphatic hydroxyl groups is 1. The Morgan fingerprint density at radius 1 is 1.40 bits per heavy atom. The predicted molar refractivity (Wildman–Crippen MR) is 60.5 cm³/mol. The summed E-state index contributed by atoms with van der Waals surface area (Å²) >= 11 is 0. The molecule has 0 saturated heterocycles. The highest BCUT2D eigenvalue weighted by atomic mass is 16.3. The molecule has 1 saturated carbocycles. The van der Waals surface area contributed by atoms with E-state index in [-0.39, 0.29) is 23.5 Å². The first-order valence-electron chi connectivity index (χ1n) is 5.89. The van der Waals surface area contributed by atoms with Gasteiger partial charge in [-0.25, -0.2) is 0 Å². The van der Waals surface area contributed by atoms with E-state index in [0.717, 1.165) is 32.1 Å². The van der Waals surface area contributed by atoms with Gasteiger partial charge >= 0.3 is 0 Å². The average molecular weight is 213 g/mol. The van der Waals surface area contributed by atoms with Gasteiger partial charge in [0, 0.05) is 5.41 Å². The van der Waals surface area contributed by atoms with Crippen LogP contribution >= 0.6 is 0 Å². The van der Waals surface area contributed by atoms with Gasteiger partial charge in [0.1, 0.15) is 0 Å². The molecule has 0 aromatic heterocycles. The van der Waals surface area contributed by atoms with Crippen molar-refractivity contribution in [3.63, 3.8) is 0 Å². The van der Waals surface area contributed by atoms with E-state index in [0.29, 0.717) is 0 Å². The Bertz CT molecular complexity index is 230. The second-order valence-corrected chi connectivity index (χ2v) is 5.34. The number of nitrogens with one attached hydrogen (secondary N) is 1. The third-order valence-electron chi connectivity index (χ3n) is 3.74. The molecule has 15 heavy (non-hydrogen) atoms. The fourth-order valence-electron chi connectivity index (χ4n) is 1.95. The van der Waals surface area contributed by atoms with Crippen molar-refractivity contribution in [3.8, 4) is 0 Å². The van der Waals surface area contributed by atoms with E-state index in [1.54, 1.807) is 0 Å². The summed E-state index contributed by atoms with van der Waals surface area (Å²) in [7, 11) is 0. The van der Waals surface area contributed by atoms with Crippen molar-refractivity contribution in [1.82, 2.24) is 5.32 Å². The molecule has 0 aromatic carbocycles. The summed E-state index contributed by atoms with van der Waals surface area (Å²) in [6.45, 7) is 5.98. The average Bonchev–Trinajstić information content (AvgIpc) is 2.67. The number of carbonyl (C=O) groups excluding carboxylic acids is 1. The summed E-state index contributed by atoms with van der Waals surface area (Å²) in [5.41, 5.74) is -0.658. The topological polar surface area (TPSA) is 49.3 Å². The molecule has 1 aliphatic carbocycles. The molecule has 3 nitrogen and oxygen atoms in total. The lowest BCUT2D eigenvalue weighted by atomic mass is 9.87. The minimum atomic E-state index is -0.330. The first-order valence-corrected chi connectivity index (χ1v) is 5.89. The van der Waals surface area contributed by atoms with Crippen molar-refractivity contribution in [1.29, 1.82) is 0 Å². The Kier molecular flexibility index (Phi) is 3.77. The van der Waals surface area contributed by atoms with Gasteiger partial charge in [-0.1, -0.05) is 33.6 Å². The van der Waals surface area contributed by atoms with Gasteiger partial charge in [0.15, 0.2) is 0 Å². The minimum Gasteiger partial charge on any atom is -0.394 e. The van der Waals surface area contributed by atoms with Crippen LogP contribution in [0.4, 0.5) is 0 Å². The SMILES string of the molecule is CCC(C)(C)C(=O)NC1(CO)CCCC1. The molecule has 1 amide bonds. The van der Waals surface area contributed by atoms with Crippen LogP contribution in [0.15, 0.2) is 0 Å². The standard InChI is InChI=1S/C12H23NO2/c1-4-11(2,3)10(15)13-12(9-14)7-5-6-8-12/h14H,4-9H2,1-3H3,(H,13,15). The van der Waals surface area contributed by atoms with E-state index >= 15 is 0 Å². The van der Waals surface area contributed by atoms with Crippen LogP contribution in [-0.4, -0.2) is 23.2 Å². The normalized spacial score (nSPS) is 20.3. The number of rotatable bonds is 4. The molecule has 3 heteroatoms. The summed E-state index contributed by atoms with van der Waals surface area (Å²) in [5, 5.41) is 12.4. The van der Waals surface area contributed by atoms with Crippen LogP contribution in [0.2, 0.25) is 0 Å². The maximum atomic E-state index is 12.0. The number of carbonyl (C=O) groups is 1. The fraction of sp³-hybridized carbons (Fsp3) is 0.917. The van der Waals surface area contributed by atoms with Gasteiger partial charge in [-0.3, -0.25) is 4.79 Å². The Labute approximate surface area is 92.3 Å². The molecule has 88 valence electrons. The van der Waals surface area contributed by atoms with E-state index in [9.17, 15) is 9.90 Å². The number of aliphatic hydroxyl groups excluding tert-OH is 1.